The summed E-state index contributed by atoms with van der Waals surface area (Å²) in [6.45, 7) is 1.77. The first-order valence-corrected chi connectivity index (χ1v) is 5.05. The number of carbonyl (C=O) groups is 2. The number of Topliss-reactive ketones (excluding diaryl/α,β-unsaturated/α-hetero) is 1. The second-order valence-electron chi connectivity index (χ2n) is 3.81. The zero-order valence-electron chi connectivity index (χ0n) is 9.17. The van der Waals surface area contributed by atoms with Crippen molar-refractivity contribution in [2.45, 2.75) is 13.5 Å². The molecule has 0 fully saturated rings. The van der Waals surface area contributed by atoms with Gasteiger partial charge >= 0.3 is 5.97 Å². The molecule has 2 N–H and O–H groups in total. The molecule has 1 aromatic rings. The fourth-order valence-electron chi connectivity index (χ4n) is 1.90. The molecule has 0 unspecified atom stereocenters. The number of benzene rings is 1. The van der Waals surface area contributed by atoms with E-state index in [1.807, 2.05) is 0 Å². The summed E-state index contributed by atoms with van der Waals surface area (Å²) in [5, 5.41) is 19.3. The van der Waals surface area contributed by atoms with Crippen LogP contribution in [0.5, 0.6) is 0 Å². The normalized spacial score (nSPS) is 14.6. The van der Waals surface area contributed by atoms with Gasteiger partial charge in [-0.05, 0) is 18.1 Å². The monoisotopic (exact) mass is 233 g/mol. The van der Waals surface area contributed by atoms with Crippen LogP contribution in [-0.4, -0.2) is 27.1 Å². The third-order valence-electron chi connectivity index (χ3n) is 2.78. The van der Waals surface area contributed by atoms with E-state index in [2.05, 4.69) is 0 Å². The summed E-state index contributed by atoms with van der Waals surface area (Å²) in [5.41, 5.74) is 1.60. The maximum absolute atomic E-state index is 11.6. The Bertz CT molecular complexity index is 533. The zero-order valence-corrected chi connectivity index (χ0v) is 9.17. The molecule has 0 amide bonds. The molecule has 1 aromatic carbocycles. The summed E-state index contributed by atoms with van der Waals surface area (Å²) in [6, 6.07) is 6.94. The number of hydrogen-bond donors (Lipinski definition) is 2. The van der Waals surface area contributed by atoms with E-state index in [1.54, 1.807) is 24.3 Å². The fraction of sp³-hybridized carbons (Fsp3) is 0.167. The minimum Gasteiger partial charge on any atom is -0.475 e. The van der Waals surface area contributed by atoms with Gasteiger partial charge in [0, 0.05) is 0 Å². The van der Waals surface area contributed by atoms with Gasteiger partial charge in [0.05, 0.1) is 17.8 Å². The molecule has 0 radical (unpaired) electrons. The Morgan fingerprint density at radius 2 is 1.94 bits per heavy atom. The van der Waals surface area contributed by atoms with Crippen molar-refractivity contribution in [3.05, 3.63) is 41.1 Å². The summed E-state index contributed by atoms with van der Waals surface area (Å²) in [5.74, 6) is -2.53. The highest BCUT2D eigenvalue weighted by molar-refractivity contribution is 6.51. The molecule has 5 heteroatoms. The van der Waals surface area contributed by atoms with Crippen LogP contribution in [0.3, 0.4) is 0 Å². The van der Waals surface area contributed by atoms with E-state index in [1.165, 1.54) is 6.92 Å². The maximum atomic E-state index is 11.6. The molecule has 0 spiro atoms. The van der Waals surface area contributed by atoms with Crippen molar-refractivity contribution >= 4 is 17.3 Å². The number of hydroxylamine groups is 2. The molecule has 2 rings (SSSR count). The summed E-state index contributed by atoms with van der Waals surface area (Å²) >= 11 is 0. The molecule has 1 heterocycles. The minimum absolute atomic E-state index is 0.0434. The van der Waals surface area contributed by atoms with Gasteiger partial charge in [0.25, 0.3) is 5.78 Å². The van der Waals surface area contributed by atoms with Crippen LogP contribution in [0.25, 0.3) is 5.57 Å². The number of carboxylic acid groups (broad SMARTS) is 1. The number of carboxylic acids is 1. The quantitative estimate of drug-likeness (QED) is 0.752. The number of ketones is 1. The molecular weight excluding hydrogens is 222 g/mol. The van der Waals surface area contributed by atoms with Crippen LogP contribution in [0.15, 0.2) is 30.0 Å². The lowest BCUT2D eigenvalue weighted by molar-refractivity contribution is -0.146. The fourth-order valence-corrected chi connectivity index (χ4v) is 1.90. The largest absolute Gasteiger partial charge is 0.475 e. The van der Waals surface area contributed by atoms with Gasteiger partial charge in [0.2, 0.25) is 0 Å². The van der Waals surface area contributed by atoms with Crippen LogP contribution in [0.1, 0.15) is 18.1 Å². The molecule has 1 aliphatic rings. The molecule has 88 valence electrons. The smallest absolute Gasteiger partial charge is 0.377 e. The molecule has 0 saturated heterocycles. The zero-order chi connectivity index (χ0) is 12.6. The van der Waals surface area contributed by atoms with E-state index in [0.29, 0.717) is 5.56 Å². The molecule has 0 bridgehead atoms. The van der Waals surface area contributed by atoms with Crippen molar-refractivity contribution in [3.8, 4) is 0 Å². The van der Waals surface area contributed by atoms with E-state index in [9.17, 15) is 14.8 Å². The average molecular weight is 233 g/mol. The second kappa shape index (κ2) is 4.03. The van der Waals surface area contributed by atoms with Gasteiger partial charge in [-0.2, -0.15) is 0 Å². The Morgan fingerprint density at radius 3 is 2.59 bits per heavy atom. The van der Waals surface area contributed by atoms with Crippen molar-refractivity contribution < 1.29 is 19.9 Å². The number of carbonyl (C=O) groups excluding carboxylic acids is 1. The topological polar surface area (TPSA) is 77.8 Å². The van der Waals surface area contributed by atoms with Crippen molar-refractivity contribution in [2.75, 3.05) is 0 Å². The van der Waals surface area contributed by atoms with E-state index in [-0.39, 0.29) is 17.8 Å². The van der Waals surface area contributed by atoms with Crippen LogP contribution in [0, 0.1) is 0 Å². The average Bonchev–Trinajstić information content (AvgIpc) is 2.30. The van der Waals surface area contributed by atoms with Gasteiger partial charge in [-0.1, -0.05) is 24.3 Å². The molecule has 17 heavy (non-hydrogen) atoms. The summed E-state index contributed by atoms with van der Waals surface area (Å²) in [4.78, 5) is 22.4. The van der Waals surface area contributed by atoms with Gasteiger partial charge in [0.1, 0.15) is 0 Å². The number of nitrogens with zero attached hydrogens (tertiary/aromatic N) is 1. The van der Waals surface area contributed by atoms with Crippen molar-refractivity contribution in [1.82, 2.24) is 5.06 Å². The van der Waals surface area contributed by atoms with Crippen molar-refractivity contribution in [2.24, 2.45) is 0 Å². The standard InChI is InChI=1S/C12H11NO4/c1-7-10(11(14)12(15)16)9-5-3-2-4-8(9)6-13(7)17/h2-5,17H,6H2,1H3,(H,15,16). The van der Waals surface area contributed by atoms with Gasteiger partial charge in [-0.15, -0.1) is 0 Å². The Kier molecular flexibility index (Phi) is 2.69. The molecular formula is C12H11NO4. The lowest BCUT2D eigenvalue weighted by Crippen LogP contribution is -2.27. The van der Waals surface area contributed by atoms with Gasteiger partial charge in [0.15, 0.2) is 0 Å². The maximum Gasteiger partial charge on any atom is 0.377 e. The number of rotatable bonds is 2. The number of hydrogen-bond acceptors (Lipinski definition) is 4. The Balaban J connectivity index is 2.63. The third-order valence-corrected chi connectivity index (χ3v) is 2.78. The van der Waals surface area contributed by atoms with Crippen LogP contribution >= 0.6 is 0 Å². The van der Waals surface area contributed by atoms with E-state index in [4.69, 9.17) is 5.11 Å². The minimum atomic E-state index is -1.52. The highest BCUT2D eigenvalue weighted by Gasteiger charge is 2.29. The molecule has 5 nitrogen and oxygen atoms in total. The summed E-state index contributed by atoms with van der Waals surface area (Å²) < 4.78 is 0. The Labute approximate surface area is 97.6 Å². The molecule has 0 atom stereocenters. The third kappa shape index (κ3) is 1.81. The van der Waals surface area contributed by atoms with Crippen LogP contribution in [0.4, 0.5) is 0 Å². The van der Waals surface area contributed by atoms with Gasteiger partial charge < -0.3 is 5.11 Å². The van der Waals surface area contributed by atoms with Crippen LogP contribution in [0.2, 0.25) is 0 Å². The number of fused-ring (bicyclic) bond motifs is 1. The highest BCUT2D eigenvalue weighted by atomic mass is 16.5. The Hall–Kier alpha value is -2.14. The first-order chi connectivity index (χ1) is 8.02. The van der Waals surface area contributed by atoms with Gasteiger partial charge in [-0.25, -0.2) is 4.79 Å². The van der Waals surface area contributed by atoms with Crippen molar-refractivity contribution in [1.29, 1.82) is 0 Å². The molecule has 1 aliphatic heterocycles. The Morgan fingerprint density at radius 1 is 1.29 bits per heavy atom. The SMILES string of the molecule is CC1=C(C(=O)C(=O)O)c2ccccc2CN1O. The predicted molar refractivity (Wildman–Crippen MR) is 59.0 cm³/mol. The van der Waals surface area contributed by atoms with Crippen molar-refractivity contribution in [3.63, 3.8) is 0 Å². The second-order valence-corrected chi connectivity index (χ2v) is 3.81. The first kappa shape index (κ1) is 11.3. The number of aliphatic carboxylic acids is 1. The summed E-state index contributed by atoms with van der Waals surface area (Å²) in [7, 11) is 0. The van der Waals surface area contributed by atoms with Crippen LogP contribution in [-0.2, 0) is 16.1 Å². The van der Waals surface area contributed by atoms with E-state index in [0.717, 1.165) is 10.6 Å². The lowest BCUT2D eigenvalue weighted by Gasteiger charge is -2.27. The molecule has 0 aromatic heterocycles. The van der Waals surface area contributed by atoms with E-state index < -0.39 is 11.8 Å². The molecule has 0 saturated carbocycles. The number of allylic oxidation sites excluding steroid dienone is 1. The highest BCUT2D eigenvalue weighted by Crippen LogP contribution is 2.30. The van der Waals surface area contributed by atoms with Crippen LogP contribution < -0.4 is 0 Å². The van der Waals surface area contributed by atoms with Gasteiger partial charge in [-0.3, -0.25) is 15.1 Å². The van der Waals surface area contributed by atoms with E-state index >= 15 is 0 Å². The molecule has 0 aliphatic carbocycles. The predicted octanol–water partition coefficient (Wildman–Crippen LogP) is 1.28. The lowest BCUT2D eigenvalue weighted by atomic mass is 9.92. The summed E-state index contributed by atoms with van der Waals surface area (Å²) in [6.07, 6.45) is 0. The first-order valence-electron chi connectivity index (χ1n) is 5.05.